The molecular weight excluding hydrogens is 274 g/mol. The quantitative estimate of drug-likeness (QED) is 0.942. The predicted octanol–water partition coefficient (Wildman–Crippen LogP) is 2.54. The molecule has 2 aromatic heterocycles. The highest BCUT2D eigenvalue weighted by atomic mass is 79.9. The van der Waals surface area contributed by atoms with Crippen molar-refractivity contribution in [3.8, 4) is 0 Å². The average Bonchev–Trinajstić information content (AvgIpc) is 2.74. The summed E-state index contributed by atoms with van der Waals surface area (Å²) >= 11 is 4.93. The van der Waals surface area contributed by atoms with Gasteiger partial charge in [-0.25, -0.2) is 0 Å². The summed E-state index contributed by atoms with van der Waals surface area (Å²) < 4.78 is 0.984. The molecule has 0 aliphatic carbocycles. The molecule has 0 radical (unpaired) electrons. The lowest BCUT2D eigenvalue weighted by Gasteiger charge is -2.07. The lowest BCUT2D eigenvalue weighted by atomic mass is 10.1. The summed E-state index contributed by atoms with van der Waals surface area (Å²) in [5, 5.41) is 0. The summed E-state index contributed by atoms with van der Waals surface area (Å²) in [5.41, 5.74) is 8.82. The summed E-state index contributed by atoms with van der Waals surface area (Å²) in [6.45, 7) is 0. The Morgan fingerprint density at radius 3 is 2.87 bits per heavy atom. The van der Waals surface area contributed by atoms with Crippen LogP contribution >= 0.6 is 27.3 Å². The minimum absolute atomic E-state index is 0.00817. The Morgan fingerprint density at radius 2 is 2.27 bits per heavy atom. The van der Waals surface area contributed by atoms with Crippen LogP contribution in [0.1, 0.15) is 16.6 Å². The molecule has 0 bridgehead atoms. The third-order valence-electron chi connectivity index (χ3n) is 2.03. The molecule has 0 saturated heterocycles. The smallest absolute Gasteiger partial charge is 0.0794 e. The highest BCUT2D eigenvalue weighted by Gasteiger charge is 2.09. The predicted molar refractivity (Wildman–Crippen MR) is 64.7 cm³/mol. The Hall–Kier alpha value is -0.780. The number of thiazole rings is 1. The second-order valence-electron chi connectivity index (χ2n) is 3.18. The van der Waals surface area contributed by atoms with E-state index in [0.717, 1.165) is 21.5 Å². The van der Waals surface area contributed by atoms with E-state index < -0.39 is 0 Å². The van der Waals surface area contributed by atoms with Crippen LogP contribution in [0.15, 0.2) is 34.5 Å². The third-order valence-corrected chi connectivity index (χ3v) is 3.41. The van der Waals surface area contributed by atoms with E-state index in [4.69, 9.17) is 5.73 Å². The molecule has 15 heavy (non-hydrogen) atoms. The minimum atomic E-state index is -0.00817. The highest BCUT2D eigenvalue weighted by Crippen LogP contribution is 2.18. The van der Waals surface area contributed by atoms with Gasteiger partial charge in [0.05, 0.1) is 5.51 Å². The minimum Gasteiger partial charge on any atom is -0.323 e. The Morgan fingerprint density at radius 1 is 1.40 bits per heavy atom. The van der Waals surface area contributed by atoms with Crippen molar-refractivity contribution in [1.29, 1.82) is 0 Å². The van der Waals surface area contributed by atoms with Crippen LogP contribution in [-0.2, 0) is 6.42 Å². The van der Waals surface area contributed by atoms with Crippen LogP contribution in [0, 0.1) is 0 Å². The van der Waals surface area contributed by atoms with Gasteiger partial charge in [0.25, 0.3) is 0 Å². The van der Waals surface area contributed by atoms with E-state index in [2.05, 4.69) is 25.9 Å². The van der Waals surface area contributed by atoms with Gasteiger partial charge in [-0.2, -0.15) is 0 Å². The molecule has 2 N–H and O–H groups in total. The molecule has 5 heteroatoms. The maximum Gasteiger partial charge on any atom is 0.0794 e. The summed E-state index contributed by atoms with van der Waals surface area (Å²) in [7, 11) is 0. The zero-order valence-electron chi connectivity index (χ0n) is 7.93. The van der Waals surface area contributed by atoms with E-state index in [1.165, 1.54) is 0 Å². The maximum atomic E-state index is 6.03. The first-order valence-corrected chi connectivity index (χ1v) is 6.17. The van der Waals surface area contributed by atoms with Gasteiger partial charge in [0, 0.05) is 39.9 Å². The molecule has 2 aromatic rings. The maximum absolute atomic E-state index is 6.03. The van der Waals surface area contributed by atoms with Gasteiger partial charge in [-0.3, -0.25) is 9.97 Å². The molecule has 1 unspecified atom stereocenters. The number of halogens is 1. The fourth-order valence-electron chi connectivity index (χ4n) is 1.26. The molecule has 0 aromatic carbocycles. The number of hydrogen-bond acceptors (Lipinski definition) is 4. The molecule has 0 amide bonds. The Balaban J connectivity index is 2.06. The Bertz CT molecular complexity index is 413. The molecule has 2 heterocycles. The summed E-state index contributed by atoms with van der Waals surface area (Å²) in [4.78, 5) is 9.39. The molecule has 78 valence electrons. The highest BCUT2D eigenvalue weighted by molar-refractivity contribution is 9.10. The molecule has 1 atom stereocenters. The van der Waals surface area contributed by atoms with Gasteiger partial charge in [-0.15, -0.1) is 11.3 Å². The summed E-state index contributed by atoms with van der Waals surface area (Å²) in [6.07, 6.45) is 4.35. The van der Waals surface area contributed by atoms with Crippen molar-refractivity contribution in [3.05, 3.63) is 45.1 Å². The van der Waals surface area contributed by atoms with Gasteiger partial charge in [-0.1, -0.05) is 0 Å². The number of nitrogens with zero attached hydrogens (tertiary/aromatic N) is 2. The monoisotopic (exact) mass is 283 g/mol. The molecule has 0 saturated carbocycles. The van der Waals surface area contributed by atoms with Crippen LogP contribution in [0.5, 0.6) is 0 Å². The number of hydrogen-bond donors (Lipinski definition) is 1. The van der Waals surface area contributed by atoms with Gasteiger partial charge in [0.2, 0.25) is 0 Å². The molecule has 0 aliphatic heterocycles. The van der Waals surface area contributed by atoms with E-state index in [9.17, 15) is 0 Å². The van der Waals surface area contributed by atoms with E-state index in [1.807, 2.05) is 18.3 Å². The summed E-state index contributed by atoms with van der Waals surface area (Å²) in [6, 6.07) is 3.94. The molecular formula is C10H10BrN3S. The van der Waals surface area contributed by atoms with Crippen molar-refractivity contribution < 1.29 is 0 Å². The van der Waals surface area contributed by atoms with Gasteiger partial charge < -0.3 is 5.73 Å². The van der Waals surface area contributed by atoms with Gasteiger partial charge in [0.15, 0.2) is 0 Å². The first kappa shape index (κ1) is 10.7. The SMILES string of the molecule is NC(Cc1ccc(Br)cn1)c1cncs1. The van der Waals surface area contributed by atoms with Crippen LogP contribution in [-0.4, -0.2) is 9.97 Å². The molecule has 0 fully saturated rings. The van der Waals surface area contributed by atoms with Crippen LogP contribution in [0.2, 0.25) is 0 Å². The third kappa shape index (κ3) is 2.84. The standard InChI is InChI=1S/C10H10BrN3S/c11-7-1-2-8(14-4-7)3-9(12)10-5-13-6-15-10/h1-2,4-6,9H,3,12H2. The van der Waals surface area contributed by atoms with E-state index in [0.29, 0.717) is 0 Å². The van der Waals surface area contributed by atoms with Crippen molar-refractivity contribution in [2.24, 2.45) is 5.73 Å². The average molecular weight is 284 g/mol. The molecule has 3 nitrogen and oxygen atoms in total. The fraction of sp³-hybridized carbons (Fsp3) is 0.200. The van der Waals surface area contributed by atoms with Crippen molar-refractivity contribution in [3.63, 3.8) is 0 Å². The van der Waals surface area contributed by atoms with Crippen molar-refractivity contribution in [1.82, 2.24) is 9.97 Å². The topological polar surface area (TPSA) is 51.8 Å². The van der Waals surface area contributed by atoms with E-state index in [-0.39, 0.29) is 6.04 Å². The van der Waals surface area contributed by atoms with Crippen molar-refractivity contribution in [2.75, 3.05) is 0 Å². The Labute approximate surface area is 101 Å². The molecule has 2 rings (SSSR count). The largest absolute Gasteiger partial charge is 0.323 e. The lowest BCUT2D eigenvalue weighted by Crippen LogP contribution is -2.12. The first-order chi connectivity index (χ1) is 7.25. The fourth-order valence-corrected chi connectivity index (χ4v) is 2.12. The van der Waals surface area contributed by atoms with Crippen LogP contribution < -0.4 is 5.73 Å². The second-order valence-corrected chi connectivity index (χ2v) is 5.02. The molecule has 0 aliphatic rings. The van der Waals surface area contributed by atoms with Crippen LogP contribution in [0.3, 0.4) is 0 Å². The van der Waals surface area contributed by atoms with Crippen LogP contribution in [0.4, 0.5) is 0 Å². The second kappa shape index (κ2) is 4.83. The first-order valence-electron chi connectivity index (χ1n) is 4.50. The Kier molecular flexibility index (Phi) is 3.45. The zero-order chi connectivity index (χ0) is 10.7. The molecule has 0 spiro atoms. The van der Waals surface area contributed by atoms with Crippen LogP contribution in [0.25, 0.3) is 0 Å². The van der Waals surface area contributed by atoms with E-state index >= 15 is 0 Å². The van der Waals surface area contributed by atoms with Gasteiger partial charge in [0.1, 0.15) is 0 Å². The van der Waals surface area contributed by atoms with Crippen molar-refractivity contribution >= 4 is 27.3 Å². The van der Waals surface area contributed by atoms with Gasteiger partial charge >= 0.3 is 0 Å². The number of pyridine rings is 1. The number of nitrogens with two attached hydrogens (primary N) is 1. The lowest BCUT2D eigenvalue weighted by molar-refractivity contribution is 0.718. The number of rotatable bonds is 3. The number of aromatic nitrogens is 2. The van der Waals surface area contributed by atoms with E-state index in [1.54, 1.807) is 23.0 Å². The normalized spacial score (nSPS) is 12.7. The van der Waals surface area contributed by atoms with Crippen molar-refractivity contribution in [2.45, 2.75) is 12.5 Å². The van der Waals surface area contributed by atoms with Gasteiger partial charge in [-0.05, 0) is 28.1 Å². The zero-order valence-corrected chi connectivity index (χ0v) is 10.3. The summed E-state index contributed by atoms with van der Waals surface area (Å²) in [5.74, 6) is 0.